The van der Waals surface area contributed by atoms with E-state index in [1.807, 2.05) is 0 Å². The number of rotatable bonds is 4. The Bertz CT molecular complexity index is 471. The number of hydrogen-bond donors (Lipinski definition) is 1. The summed E-state index contributed by atoms with van der Waals surface area (Å²) < 4.78 is 5.33. The van der Waals surface area contributed by atoms with E-state index in [9.17, 15) is 9.90 Å². The molecule has 0 amide bonds. The van der Waals surface area contributed by atoms with Crippen molar-refractivity contribution in [1.29, 1.82) is 0 Å². The summed E-state index contributed by atoms with van der Waals surface area (Å²) in [7, 11) is 0. The maximum atomic E-state index is 11.5. The molecule has 0 atom stereocenters. The molecule has 1 aromatic heterocycles. The van der Waals surface area contributed by atoms with Crippen LogP contribution in [0, 0.1) is 5.41 Å². The van der Waals surface area contributed by atoms with Gasteiger partial charge in [-0.05, 0) is 25.7 Å². The quantitative estimate of drug-likeness (QED) is 0.914. The third-order valence-electron chi connectivity index (χ3n) is 4.96. The van der Waals surface area contributed by atoms with Gasteiger partial charge in [0.1, 0.15) is 0 Å². The van der Waals surface area contributed by atoms with Gasteiger partial charge in [0, 0.05) is 12.3 Å². The molecule has 110 valence electrons. The van der Waals surface area contributed by atoms with Crippen molar-refractivity contribution in [1.82, 2.24) is 10.1 Å². The summed E-state index contributed by atoms with van der Waals surface area (Å²) in [6, 6.07) is 0. The largest absolute Gasteiger partial charge is 0.481 e. The summed E-state index contributed by atoms with van der Waals surface area (Å²) >= 11 is 0. The van der Waals surface area contributed by atoms with Crippen LogP contribution in [-0.2, 0) is 11.2 Å². The fourth-order valence-electron chi connectivity index (χ4n) is 3.67. The molecule has 2 fully saturated rings. The fraction of sp³-hybridized carbons (Fsp3) is 0.800. The van der Waals surface area contributed by atoms with E-state index in [0.29, 0.717) is 18.2 Å². The van der Waals surface area contributed by atoms with Crippen LogP contribution in [0.4, 0.5) is 0 Å². The predicted molar refractivity (Wildman–Crippen MR) is 72.4 cm³/mol. The first-order valence-electron chi connectivity index (χ1n) is 7.75. The summed E-state index contributed by atoms with van der Waals surface area (Å²) in [6.07, 6.45) is 9.82. The lowest BCUT2D eigenvalue weighted by Crippen LogP contribution is -2.30. The molecule has 0 aliphatic heterocycles. The van der Waals surface area contributed by atoms with Crippen LogP contribution in [0.25, 0.3) is 0 Å². The van der Waals surface area contributed by atoms with E-state index < -0.39 is 11.4 Å². The normalized spacial score (nSPS) is 23.0. The second kappa shape index (κ2) is 5.54. The van der Waals surface area contributed by atoms with Crippen molar-refractivity contribution in [2.75, 3.05) is 0 Å². The van der Waals surface area contributed by atoms with E-state index in [2.05, 4.69) is 10.1 Å². The monoisotopic (exact) mass is 278 g/mol. The Kier molecular flexibility index (Phi) is 3.76. The van der Waals surface area contributed by atoms with Crippen molar-refractivity contribution in [2.24, 2.45) is 5.41 Å². The topological polar surface area (TPSA) is 76.2 Å². The van der Waals surface area contributed by atoms with Gasteiger partial charge in [-0.25, -0.2) is 0 Å². The third kappa shape index (κ3) is 2.58. The van der Waals surface area contributed by atoms with E-state index in [1.54, 1.807) is 0 Å². The number of aromatic nitrogens is 2. The summed E-state index contributed by atoms with van der Waals surface area (Å²) in [5.41, 5.74) is -0.670. The highest BCUT2D eigenvalue weighted by atomic mass is 16.5. The molecular weight excluding hydrogens is 256 g/mol. The van der Waals surface area contributed by atoms with E-state index in [0.717, 1.165) is 44.3 Å². The summed E-state index contributed by atoms with van der Waals surface area (Å²) in [6.45, 7) is 0. The Morgan fingerprint density at radius 3 is 2.55 bits per heavy atom. The molecule has 5 heteroatoms. The van der Waals surface area contributed by atoms with Crippen LogP contribution in [0.5, 0.6) is 0 Å². The van der Waals surface area contributed by atoms with Crippen LogP contribution in [0.2, 0.25) is 0 Å². The van der Waals surface area contributed by atoms with Gasteiger partial charge in [-0.1, -0.05) is 37.3 Å². The van der Waals surface area contributed by atoms with Gasteiger partial charge in [-0.3, -0.25) is 4.79 Å². The molecule has 0 unspecified atom stereocenters. The Balaban J connectivity index is 1.71. The van der Waals surface area contributed by atoms with Crippen LogP contribution in [0.3, 0.4) is 0 Å². The minimum absolute atomic E-state index is 0.391. The average Bonchev–Trinajstić information content (AvgIpc) is 3.10. The van der Waals surface area contributed by atoms with Crippen molar-refractivity contribution < 1.29 is 14.4 Å². The van der Waals surface area contributed by atoms with Gasteiger partial charge >= 0.3 is 5.97 Å². The first-order valence-corrected chi connectivity index (χ1v) is 7.75. The Morgan fingerprint density at radius 2 is 1.90 bits per heavy atom. The molecular formula is C15H22N2O3. The number of hydrogen-bond acceptors (Lipinski definition) is 4. The molecule has 3 rings (SSSR count). The molecule has 1 aromatic rings. The number of carbonyl (C=O) groups is 1. The van der Waals surface area contributed by atoms with Gasteiger partial charge in [0.25, 0.3) is 0 Å². The van der Waals surface area contributed by atoms with Crippen LogP contribution in [0.15, 0.2) is 4.52 Å². The van der Waals surface area contributed by atoms with Crippen molar-refractivity contribution in [3.8, 4) is 0 Å². The summed E-state index contributed by atoms with van der Waals surface area (Å²) in [5.74, 6) is 0.992. The number of aliphatic carboxylic acids is 1. The molecule has 0 aromatic carbocycles. The molecule has 0 saturated heterocycles. The maximum absolute atomic E-state index is 11.5. The van der Waals surface area contributed by atoms with E-state index >= 15 is 0 Å². The molecule has 1 heterocycles. The van der Waals surface area contributed by atoms with Crippen LogP contribution >= 0.6 is 0 Å². The summed E-state index contributed by atoms with van der Waals surface area (Å²) in [4.78, 5) is 16.0. The zero-order valence-electron chi connectivity index (χ0n) is 11.8. The predicted octanol–water partition coefficient (Wildman–Crippen LogP) is 3.30. The lowest BCUT2D eigenvalue weighted by molar-refractivity contribution is -0.148. The molecule has 5 nitrogen and oxygen atoms in total. The maximum Gasteiger partial charge on any atom is 0.310 e. The smallest absolute Gasteiger partial charge is 0.310 e. The van der Waals surface area contributed by atoms with E-state index in [-0.39, 0.29) is 0 Å². The molecule has 20 heavy (non-hydrogen) atoms. The van der Waals surface area contributed by atoms with E-state index in [1.165, 1.54) is 19.3 Å². The van der Waals surface area contributed by atoms with Crippen molar-refractivity contribution in [3.05, 3.63) is 11.7 Å². The standard InChI is InChI=1S/C15H22N2O3/c18-14(19)15(8-4-5-9-15)10-12-16-13(17-20-12)11-6-2-1-3-7-11/h11H,1-10H2,(H,18,19). The minimum atomic E-state index is -0.715. The van der Waals surface area contributed by atoms with Gasteiger partial charge < -0.3 is 9.63 Å². The van der Waals surface area contributed by atoms with Crippen LogP contribution < -0.4 is 0 Å². The first kappa shape index (κ1) is 13.6. The van der Waals surface area contributed by atoms with Crippen LogP contribution in [-0.4, -0.2) is 21.2 Å². The first-order chi connectivity index (χ1) is 9.70. The van der Waals surface area contributed by atoms with Crippen molar-refractivity contribution in [3.63, 3.8) is 0 Å². The van der Waals surface area contributed by atoms with Gasteiger partial charge in [-0.15, -0.1) is 0 Å². The van der Waals surface area contributed by atoms with Crippen molar-refractivity contribution >= 4 is 5.97 Å². The van der Waals surface area contributed by atoms with Gasteiger partial charge in [-0.2, -0.15) is 4.98 Å². The summed E-state index contributed by atoms with van der Waals surface area (Å²) in [5, 5.41) is 13.6. The Hall–Kier alpha value is -1.39. The van der Waals surface area contributed by atoms with Gasteiger partial charge in [0.05, 0.1) is 5.41 Å². The zero-order chi connectivity index (χ0) is 14.0. The highest BCUT2D eigenvalue weighted by Gasteiger charge is 2.43. The van der Waals surface area contributed by atoms with E-state index in [4.69, 9.17) is 4.52 Å². The molecule has 0 radical (unpaired) electrons. The second-order valence-corrected chi connectivity index (χ2v) is 6.35. The third-order valence-corrected chi connectivity index (χ3v) is 4.96. The Morgan fingerprint density at radius 1 is 1.20 bits per heavy atom. The lowest BCUT2D eigenvalue weighted by Gasteiger charge is -2.21. The lowest BCUT2D eigenvalue weighted by atomic mass is 9.83. The molecule has 2 aliphatic rings. The zero-order valence-corrected chi connectivity index (χ0v) is 11.8. The molecule has 0 spiro atoms. The van der Waals surface area contributed by atoms with Crippen LogP contribution in [0.1, 0.15) is 75.4 Å². The fourth-order valence-corrected chi connectivity index (χ4v) is 3.67. The number of carboxylic acids is 1. The number of nitrogens with zero attached hydrogens (tertiary/aromatic N) is 2. The second-order valence-electron chi connectivity index (χ2n) is 6.35. The highest BCUT2D eigenvalue weighted by molar-refractivity contribution is 5.75. The molecule has 1 N–H and O–H groups in total. The van der Waals surface area contributed by atoms with Gasteiger partial charge in [0.2, 0.25) is 5.89 Å². The highest BCUT2D eigenvalue weighted by Crippen LogP contribution is 2.41. The van der Waals surface area contributed by atoms with Crippen molar-refractivity contribution in [2.45, 2.75) is 70.1 Å². The number of carboxylic acid groups (broad SMARTS) is 1. The van der Waals surface area contributed by atoms with Gasteiger partial charge in [0.15, 0.2) is 5.82 Å². The average molecular weight is 278 g/mol. The Labute approximate surface area is 118 Å². The molecule has 0 bridgehead atoms. The molecule has 2 saturated carbocycles. The molecule has 2 aliphatic carbocycles. The minimum Gasteiger partial charge on any atom is -0.481 e. The SMILES string of the molecule is O=C(O)C1(Cc2nc(C3CCCCC3)no2)CCCC1.